The first-order valence-electron chi connectivity index (χ1n) is 5.52. The Hall–Kier alpha value is -1.75. The molecule has 1 aromatic rings. The SMILES string of the molecule is O=C1CC(C#CCCc2ccccc2)CO1. The van der Waals surface area contributed by atoms with E-state index < -0.39 is 0 Å². The van der Waals surface area contributed by atoms with Crippen molar-refractivity contribution in [1.82, 2.24) is 0 Å². The zero-order chi connectivity index (χ0) is 11.2. The van der Waals surface area contributed by atoms with E-state index in [0.29, 0.717) is 13.0 Å². The lowest BCUT2D eigenvalue weighted by atomic mass is 10.1. The van der Waals surface area contributed by atoms with Crippen molar-refractivity contribution in [3.63, 3.8) is 0 Å². The zero-order valence-corrected chi connectivity index (χ0v) is 9.11. The molecule has 1 unspecified atom stereocenters. The lowest BCUT2D eigenvalue weighted by Gasteiger charge is -1.95. The van der Waals surface area contributed by atoms with E-state index in [2.05, 4.69) is 24.0 Å². The number of carbonyl (C=O) groups is 1. The van der Waals surface area contributed by atoms with Gasteiger partial charge >= 0.3 is 5.97 Å². The minimum atomic E-state index is -0.123. The molecule has 1 aromatic carbocycles. The predicted octanol–water partition coefficient (Wildman–Crippen LogP) is 2.19. The second-order valence-corrected chi connectivity index (χ2v) is 3.89. The Bertz CT molecular complexity index is 411. The van der Waals surface area contributed by atoms with E-state index in [1.165, 1.54) is 5.56 Å². The highest BCUT2D eigenvalue weighted by atomic mass is 16.5. The number of carbonyl (C=O) groups excluding carboxylic acids is 1. The Labute approximate surface area is 95.6 Å². The van der Waals surface area contributed by atoms with Gasteiger partial charge in [0.05, 0.1) is 12.3 Å². The van der Waals surface area contributed by atoms with Crippen molar-refractivity contribution in [2.24, 2.45) is 5.92 Å². The largest absolute Gasteiger partial charge is 0.464 e. The molecule has 0 saturated carbocycles. The summed E-state index contributed by atoms with van der Waals surface area (Å²) in [6.45, 7) is 0.469. The molecule has 0 N–H and O–H groups in total. The van der Waals surface area contributed by atoms with E-state index in [9.17, 15) is 4.79 Å². The molecular weight excluding hydrogens is 200 g/mol. The minimum absolute atomic E-state index is 0.114. The fourth-order valence-corrected chi connectivity index (χ4v) is 1.67. The van der Waals surface area contributed by atoms with E-state index in [4.69, 9.17) is 4.74 Å². The van der Waals surface area contributed by atoms with E-state index in [1.807, 2.05) is 18.2 Å². The van der Waals surface area contributed by atoms with Gasteiger partial charge in [0.25, 0.3) is 0 Å². The molecular formula is C14H14O2. The lowest BCUT2D eigenvalue weighted by Crippen LogP contribution is -1.94. The third kappa shape index (κ3) is 3.13. The number of ether oxygens (including phenoxy) is 1. The highest BCUT2D eigenvalue weighted by Crippen LogP contribution is 2.12. The second kappa shape index (κ2) is 5.37. The van der Waals surface area contributed by atoms with Gasteiger partial charge in [-0.2, -0.15) is 0 Å². The second-order valence-electron chi connectivity index (χ2n) is 3.89. The van der Waals surface area contributed by atoms with Gasteiger partial charge in [0, 0.05) is 6.42 Å². The van der Waals surface area contributed by atoms with Crippen molar-refractivity contribution in [1.29, 1.82) is 0 Å². The van der Waals surface area contributed by atoms with Crippen LogP contribution in [0.3, 0.4) is 0 Å². The van der Waals surface area contributed by atoms with Crippen LogP contribution in [0.4, 0.5) is 0 Å². The van der Waals surface area contributed by atoms with E-state index in [1.54, 1.807) is 0 Å². The Morgan fingerprint density at radius 2 is 2.12 bits per heavy atom. The number of hydrogen-bond donors (Lipinski definition) is 0. The van der Waals surface area contributed by atoms with Crippen LogP contribution in [0.15, 0.2) is 30.3 Å². The fraction of sp³-hybridized carbons (Fsp3) is 0.357. The highest BCUT2D eigenvalue weighted by Gasteiger charge is 2.21. The van der Waals surface area contributed by atoms with Crippen LogP contribution >= 0.6 is 0 Å². The fourth-order valence-electron chi connectivity index (χ4n) is 1.67. The summed E-state index contributed by atoms with van der Waals surface area (Å²) in [5.74, 6) is 6.19. The molecule has 0 aromatic heterocycles. The van der Waals surface area contributed by atoms with Crippen LogP contribution in [0.2, 0.25) is 0 Å². The first kappa shape index (κ1) is 10.8. The molecule has 0 radical (unpaired) electrons. The number of hydrogen-bond acceptors (Lipinski definition) is 2. The summed E-state index contributed by atoms with van der Waals surface area (Å²) >= 11 is 0. The van der Waals surface area contributed by atoms with Gasteiger partial charge in [-0.3, -0.25) is 4.79 Å². The number of cyclic esters (lactones) is 1. The molecule has 1 aliphatic rings. The summed E-state index contributed by atoms with van der Waals surface area (Å²) in [6.07, 6.45) is 2.27. The normalized spacial score (nSPS) is 18.8. The number of esters is 1. The Balaban J connectivity index is 1.76. The molecule has 2 heteroatoms. The minimum Gasteiger partial charge on any atom is -0.464 e. The molecule has 1 heterocycles. The van der Waals surface area contributed by atoms with Crippen molar-refractivity contribution in [3.05, 3.63) is 35.9 Å². The van der Waals surface area contributed by atoms with Crippen LogP contribution in [-0.4, -0.2) is 12.6 Å². The van der Waals surface area contributed by atoms with Crippen molar-refractivity contribution in [2.45, 2.75) is 19.3 Å². The summed E-state index contributed by atoms with van der Waals surface area (Å²) in [5.41, 5.74) is 1.30. The topological polar surface area (TPSA) is 26.3 Å². The first-order chi connectivity index (χ1) is 7.84. The van der Waals surface area contributed by atoms with E-state index in [-0.39, 0.29) is 11.9 Å². The smallest absolute Gasteiger partial charge is 0.307 e. The molecule has 16 heavy (non-hydrogen) atoms. The Morgan fingerprint density at radius 1 is 1.31 bits per heavy atom. The van der Waals surface area contributed by atoms with E-state index in [0.717, 1.165) is 12.8 Å². The van der Waals surface area contributed by atoms with Crippen LogP contribution < -0.4 is 0 Å². The summed E-state index contributed by atoms with van der Waals surface area (Å²) in [7, 11) is 0. The van der Waals surface area contributed by atoms with Crippen LogP contribution in [-0.2, 0) is 16.0 Å². The molecule has 0 aliphatic carbocycles. The average Bonchev–Trinajstić information content (AvgIpc) is 2.72. The molecule has 82 valence electrons. The lowest BCUT2D eigenvalue weighted by molar-refractivity contribution is -0.137. The maximum absolute atomic E-state index is 10.8. The molecule has 1 fully saturated rings. The van der Waals surface area contributed by atoms with Crippen LogP contribution in [0.5, 0.6) is 0 Å². The quantitative estimate of drug-likeness (QED) is 0.557. The highest BCUT2D eigenvalue weighted by molar-refractivity contribution is 5.72. The summed E-state index contributed by atoms with van der Waals surface area (Å²) in [5, 5.41) is 0. The number of aryl methyl sites for hydroxylation is 1. The van der Waals surface area contributed by atoms with Crippen molar-refractivity contribution in [2.75, 3.05) is 6.61 Å². The molecule has 0 spiro atoms. The first-order valence-corrected chi connectivity index (χ1v) is 5.52. The number of benzene rings is 1. The summed E-state index contributed by atoms with van der Waals surface area (Å²) < 4.78 is 4.84. The van der Waals surface area contributed by atoms with Gasteiger partial charge < -0.3 is 4.74 Å². The maximum Gasteiger partial charge on any atom is 0.307 e. The average molecular weight is 214 g/mol. The third-order valence-corrected chi connectivity index (χ3v) is 2.55. The zero-order valence-electron chi connectivity index (χ0n) is 9.11. The van der Waals surface area contributed by atoms with Gasteiger partial charge in [0.1, 0.15) is 6.61 Å². The van der Waals surface area contributed by atoms with Gasteiger partial charge in [0.15, 0.2) is 0 Å². The van der Waals surface area contributed by atoms with Crippen LogP contribution in [0, 0.1) is 17.8 Å². The third-order valence-electron chi connectivity index (χ3n) is 2.55. The molecule has 2 nitrogen and oxygen atoms in total. The molecule has 0 bridgehead atoms. The Kier molecular flexibility index (Phi) is 3.61. The molecule has 2 rings (SSSR count). The van der Waals surface area contributed by atoms with Gasteiger partial charge in [-0.25, -0.2) is 0 Å². The van der Waals surface area contributed by atoms with Gasteiger partial charge in [-0.15, -0.1) is 5.92 Å². The summed E-state index contributed by atoms with van der Waals surface area (Å²) in [6, 6.07) is 10.3. The maximum atomic E-state index is 10.8. The molecule has 1 saturated heterocycles. The molecule has 1 atom stereocenters. The summed E-state index contributed by atoms with van der Waals surface area (Å²) in [4.78, 5) is 10.8. The number of rotatable bonds is 2. The van der Waals surface area contributed by atoms with Gasteiger partial charge in [-0.1, -0.05) is 36.3 Å². The van der Waals surface area contributed by atoms with Crippen molar-refractivity contribution < 1.29 is 9.53 Å². The monoisotopic (exact) mass is 214 g/mol. The molecule has 1 aliphatic heterocycles. The van der Waals surface area contributed by atoms with Gasteiger partial charge in [0.2, 0.25) is 0 Å². The Morgan fingerprint density at radius 3 is 2.81 bits per heavy atom. The van der Waals surface area contributed by atoms with Crippen molar-refractivity contribution >= 4 is 5.97 Å². The molecule has 0 amide bonds. The van der Waals surface area contributed by atoms with Crippen molar-refractivity contribution in [3.8, 4) is 11.8 Å². The van der Waals surface area contributed by atoms with Gasteiger partial charge in [-0.05, 0) is 12.0 Å². The predicted molar refractivity (Wildman–Crippen MR) is 61.6 cm³/mol. The van der Waals surface area contributed by atoms with Crippen LogP contribution in [0.25, 0.3) is 0 Å². The van der Waals surface area contributed by atoms with E-state index >= 15 is 0 Å². The standard InChI is InChI=1S/C14H14O2/c15-14-10-13(11-16-14)9-5-4-8-12-6-2-1-3-7-12/h1-3,6-7,13H,4,8,10-11H2. The van der Waals surface area contributed by atoms with Crippen LogP contribution in [0.1, 0.15) is 18.4 Å².